The van der Waals surface area contributed by atoms with Crippen LogP contribution in [-0.4, -0.2) is 13.0 Å². The molecule has 7 heteroatoms. The van der Waals surface area contributed by atoms with E-state index in [-0.39, 0.29) is 17.0 Å². The predicted molar refractivity (Wildman–Crippen MR) is 77.2 cm³/mol. The van der Waals surface area contributed by atoms with Crippen molar-refractivity contribution in [3.63, 3.8) is 0 Å². The molecule has 1 N–H and O–H groups in total. The molecule has 1 aromatic heterocycles. The Morgan fingerprint density at radius 2 is 2.00 bits per heavy atom. The number of aryl methyl sites for hydroxylation is 1. The maximum Gasteiger partial charge on any atom is 0.254 e. The number of benzene rings is 1. The summed E-state index contributed by atoms with van der Waals surface area (Å²) in [5, 5.41) is 0.337. The lowest BCUT2D eigenvalue weighted by atomic mass is 10.3. The lowest BCUT2D eigenvalue weighted by Crippen LogP contribution is -2.28. The number of nitrogens with one attached hydrogen (secondary N) is 1. The molecule has 0 spiro atoms. The number of hydrogen-bond donors (Lipinski definition) is 1. The first-order chi connectivity index (χ1) is 9.40. The quantitative estimate of drug-likeness (QED) is 0.930. The van der Waals surface area contributed by atoms with Gasteiger partial charge in [-0.1, -0.05) is 23.7 Å². The van der Waals surface area contributed by atoms with Crippen LogP contribution < -0.4 is 10.3 Å². The summed E-state index contributed by atoms with van der Waals surface area (Å²) in [5.41, 5.74) is 0.141. The summed E-state index contributed by atoms with van der Waals surface area (Å²) in [4.78, 5) is 11.9. The van der Waals surface area contributed by atoms with Crippen molar-refractivity contribution >= 4 is 21.6 Å². The average molecular weight is 313 g/mol. The normalized spacial score (nSPS) is 11.5. The molecule has 0 radical (unpaired) electrons. The van der Waals surface area contributed by atoms with Gasteiger partial charge in [0.05, 0.1) is 4.90 Å². The van der Waals surface area contributed by atoms with E-state index in [0.717, 1.165) is 0 Å². The molecule has 0 saturated heterocycles. The molecule has 0 aliphatic heterocycles. The number of sulfonamides is 1. The van der Waals surface area contributed by atoms with E-state index in [1.54, 1.807) is 37.5 Å². The van der Waals surface area contributed by atoms with Gasteiger partial charge in [-0.25, -0.2) is 13.1 Å². The molecule has 0 aliphatic rings. The number of halogens is 1. The summed E-state index contributed by atoms with van der Waals surface area (Å²) in [5.74, 6) is 0. The fourth-order valence-electron chi connectivity index (χ4n) is 1.68. The molecule has 0 aliphatic carbocycles. The van der Waals surface area contributed by atoms with E-state index in [4.69, 9.17) is 11.6 Å². The second-order valence-electron chi connectivity index (χ2n) is 4.23. The third-order valence-electron chi connectivity index (χ3n) is 2.76. The molecule has 0 bridgehead atoms. The van der Waals surface area contributed by atoms with Crippen LogP contribution in [0, 0.1) is 0 Å². The number of rotatable bonds is 4. The number of nitrogens with zero attached hydrogens (tertiary/aromatic N) is 1. The van der Waals surface area contributed by atoms with Gasteiger partial charge < -0.3 is 4.57 Å². The Morgan fingerprint density at radius 3 is 2.70 bits per heavy atom. The van der Waals surface area contributed by atoms with Gasteiger partial charge in [0.2, 0.25) is 10.0 Å². The Hall–Kier alpha value is -1.63. The van der Waals surface area contributed by atoms with Crippen LogP contribution in [0.2, 0.25) is 5.02 Å². The van der Waals surface area contributed by atoms with E-state index in [1.807, 2.05) is 0 Å². The third kappa shape index (κ3) is 3.27. The summed E-state index contributed by atoms with van der Waals surface area (Å²) in [6.45, 7) is -0.0671. The molecule has 106 valence electrons. The number of aromatic nitrogens is 1. The van der Waals surface area contributed by atoms with Crippen molar-refractivity contribution in [3.8, 4) is 0 Å². The highest BCUT2D eigenvalue weighted by molar-refractivity contribution is 7.89. The average Bonchev–Trinajstić information content (AvgIpc) is 2.40. The van der Waals surface area contributed by atoms with Crippen molar-refractivity contribution in [2.45, 2.75) is 11.4 Å². The van der Waals surface area contributed by atoms with Crippen LogP contribution >= 0.6 is 11.6 Å². The highest BCUT2D eigenvalue weighted by atomic mass is 35.5. The fourth-order valence-corrected chi connectivity index (χ4v) is 2.99. The van der Waals surface area contributed by atoms with Gasteiger partial charge in [0.15, 0.2) is 0 Å². The smallest absolute Gasteiger partial charge is 0.254 e. The summed E-state index contributed by atoms with van der Waals surface area (Å²) < 4.78 is 27.9. The second kappa shape index (κ2) is 5.78. The van der Waals surface area contributed by atoms with Crippen LogP contribution in [0.1, 0.15) is 5.56 Å². The zero-order chi connectivity index (χ0) is 14.8. The lowest BCUT2D eigenvalue weighted by molar-refractivity contribution is 0.580. The van der Waals surface area contributed by atoms with Crippen LogP contribution in [0.15, 0.2) is 52.3 Å². The predicted octanol–water partition coefficient (Wildman–Crippen LogP) is 1.52. The van der Waals surface area contributed by atoms with E-state index in [1.165, 1.54) is 16.7 Å². The van der Waals surface area contributed by atoms with Crippen molar-refractivity contribution in [2.75, 3.05) is 0 Å². The molecule has 0 saturated carbocycles. The van der Waals surface area contributed by atoms with E-state index in [9.17, 15) is 13.2 Å². The Kier molecular flexibility index (Phi) is 4.27. The summed E-state index contributed by atoms with van der Waals surface area (Å²) in [7, 11) is -2.08. The van der Waals surface area contributed by atoms with E-state index in [0.29, 0.717) is 10.6 Å². The molecule has 0 unspecified atom stereocenters. The van der Waals surface area contributed by atoms with Crippen LogP contribution in [0.4, 0.5) is 0 Å². The highest BCUT2D eigenvalue weighted by Crippen LogP contribution is 2.15. The van der Waals surface area contributed by atoms with Gasteiger partial charge in [0.25, 0.3) is 5.56 Å². The van der Waals surface area contributed by atoms with Crippen molar-refractivity contribution in [1.29, 1.82) is 0 Å². The SMILES string of the molecule is Cn1cccc(CNS(=O)(=O)c2cccc(Cl)c2)c1=O. The van der Waals surface area contributed by atoms with Gasteiger partial charge in [-0.2, -0.15) is 0 Å². The standard InChI is InChI=1S/C13H13ClN2O3S/c1-16-7-3-4-10(13(16)17)9-15-20(18,19)12-6-2-5-11(14)8-12/h2-8,15H,9H2,1H3. The van der Waals surface area contributed by atoms with Crippen LogP contribution in [-0.2, 0) is 23.6 Å². The van der Waals surface area contributed by atoms with Crippen LogP contribution in [0.5, 0.6) is 0 Å². The van der Waals surface area contributed by atoms with Gasteiger partial charge in [-0.3, -0.25) is 4.79 Å². The highest BCUT2D eigenvalue weighted by Gasteiger charge is 2.14. The molecule has 0 fully saturated rings. The first kappa shape index (κ1) is 14.8. The fraction of sp³-hybridized carbons (Fsp3) is 0.154. The zero-order valence-electron chi connectivity index (χ0n) is 10.7. The number of hydrogen-bond acceptors (Lipinski definition) is 3. The molecular weight excluding hydrogens is 300 g/mol. The first-order valence-electron chi connectivity index (χ1n) is 5.80. The van der Waals surface area contributed by atoms with Crippen LogP contribution in [0.25, 0.3) is 0 Å². The first-order valence-corrected chi connectivity index (χ1v) is 7.66. The maximum absolute atomic E-state index is 12.1. The van der Waals surface area contributed by atoms with Gasteiger partial charge in [-0.05, 0) is 24.3 Å². The number of pyridine rings is 1. The van der Waals surface area contributed by atoms with E-state index in [2.05, 4.69) is 4.72 Å². The molecule has 0 amide bonds. The Morgan fingerprint density at radius 1 is 1.25 bits per heavy atom. The van der Waals surface area contributed by atoms with Crippen molar-refractivity contribution in [2.24, 2.45) is 7.05 Å². The Balaban J connectivity index is 2.22. The molecule has 1 aromatic carbocycles. The van der Waals surface area contributed by atoms with Crippen LogP contribution in [0.3, 0.4) is 0 Å². The maximum atomic E-state index is 12.1. The monoisotopic (exact) mass is 312 g/mol. The zero-order valence-corrected chi connectivity index (χ0v) is 12.3. The Bertz CT molecular complexity index is 784. The summed E-state index contributed by atoms with van der Waals surface area (Å²) in [6.07, 6.45) is 1.61. The minimum atomic E-state index is -3.69. The molecule has 2 aromatic rings. The van der Waals surface area contributed by atoms with Gasteiger partial charge in [-0.15, -0.1) is 0 Å². The third-order valence-corrected chi connectivity index (χ3v) is 4.40. The van der Waals surface area contributed by atoms with Crippen molar-refractivity contribution in [3.05, 3.63) is 63.5 Å². The summed E-state index contributed by atoms with van der Waals surface area (Å²) >= 11 is 5.77. The van der Waals surface area contributed by atoms with Gasteiger partial charge in [0.1, 0.15) is 0 Å². The van der Waals surface area contributed by atoms with E-state index >= 15 is 0 Å². The molecular formula is C13H13ClN2O3S. The molecule has 0 atom stereocenters. The van der Waals surface area contributed by atoms with Gasteiger partial charge in [0, 0.05) is 30.4 Å². The molecule has 1 heterocycles. The second-order valence-corrected chi connectivity index (χ2v) is 6.43. The van der Waals surface area contributed by atoms with Crippen molar-refractivity contribution in [1.82, 2.24) is 9.29 Å². The summed E-state index contributed by atoms with van der Waals surface area (Å²) in [6, 6.07) is 9.21. The Labute approximate surface area is 121 Å². The minimum Gasteiger partial charge on any atom is -0.318 e. The lowest BCUT2D eigenvalue weighted by Gasteiger charge is -2.07. The van der Waals surface area contributed by atoms with E-state index < -0.39 is 10.0 Å². The largest absolute Gasteiger partial charge is 0.318 e. The molecule has 5 nitrogen and oxygen atoms in total. The van der Waals surface area contributed by atoms with Gasteiger partial charge >= 0.3 is 0 Å². The topological polar surface area (TPSA) is 68.2 Å². The van der Waals surface area contributed by atoms with Crippen molar-refractivity contribution < 1.29 is 8.42 Å². The minimum absolute atomic E-state index is 0.0671. The molecule has 2 rings (SSSR count). The molecule has 20 heavy (non-hydrogen) atoms.